The molecule has 1 heteroatoms. The Morgan fingerprint density at radius 3 is 0.514 bits per heavy atom. The first-order valence-electron chi connectivity index (χ1n) is 12.9. The predicted octanol–water partition coefficient (Wildman–Crippen LogP) is 7.35. The minimum absolute atomic E-state index is 0.750. The smallest absolute Gasteiger partial charge is 0.116 e. The summed E-state index contributed by atoms with van der Waals surface area (Å²) < 4.78 is 0. The standard InChI is InChI=1S/2C16H16.C2H4O/c2*1-2-14-4-3-13(1)9-10-15-5-7-16(8-6-15)12-11-14;1-2-3/h2*1-8H,9-12H2;2H,1H3. The van der Waals surface area contributed by atoms with Crippen molar-refractivity contribution >= 4 is 6.29 Å². The van der Waals surface area contributed by atoms with E-state index in [-0.39, 0.29) is 0 Å². The summed E-state index contributed by atoms with van der Waals surface area (Å²) in [5.41, 5.74) is 11.6. The summed E-state index contributed by atoms with van der Waals surface area (Å²) in [5.74, 6) is 0. The van der Waals surface area contributed by atoms with E-state index in [0.717, 1.165) is 57.7 Å². The Hall–Kier alpha value is -3.45. The van der Waals surface area contributed by atoms with Crippen molar-refractivity contribution in [2.45, 2.75) is 58.3 Å². The van der Waals surface area contributed by atoms with Crippen LogP contribution in [0.15, 0.2) is 97.1 Å². The Balaban J connectivity index is 0.000000149. The SMILES string of the molecule is CC=O.c1cc2ccc1CCc1ccc(cc1)CC2.c1cc2ccc1CCc1ccc(cc1)CC2. The van der Waals surface area contributed by atoms with Gasteiger partial charge in [-0.15, -0.1) is 0 Å². The molecule has 0 radical (unpaired) electrons. The van der Waals surface area contributed by atoms with Crippen LogP contribution in [0, 0.1) is 0 Å². The largest absolute Gasteiger partial charge is 0.304 e. The third-order valence-electron chi connectivity index (χ3n) is 6.90. The quantitative estimate of drug-likeness (QED) is 0.251. The van der Waals surface area contributed by atoms with Gasteiger partial charge in [0, 0.05) is 0 Å². The molecule has 0 heterocycles. The zero-order valence-corrected chi connectivity index (χ0v) is 20.9. The lowest BCUT2D eigenvalue weighted by Gasteiger charge is -2.09. The molecule has 0 fully saturated rings. The van der Waals surface area contributed by atoms with E-state index in [1.54, 1.807) is 0 Å². The number of aryl methyl sites for hydroxylation is 8. The fourth-order valence-corrected chi connectivity index (χ4v) is 4.65. The van der Waals surface area contributed by atoms with Crippen molar-refractivity contribution in [1.82, 2.24) is 0 Å². The molecular weight excluding hydrogens is 424 g/mol. The molecule has 0 aliphatic heterocycles. The topological polar surface area (TPSA) is 17.1 Å². The van der Waals surface area contributed by atoms with Gasteiger partial charge in [-0.25, -0.2) is 0 Å². The molecule has 0 saturated heterocycles. The first-order valence-corrected chi connectivity index (χ1v) is 12.9. The van der Waals surface area contributed by atoms with E-state index < -0.39 is 0 Å². The number of hydrogen-bond acceptors (Lipinski definition) is 1. The summed E-state index contributed by atoms with van der Waals surface area (Å²) in [6, 6.07) is 36.5. The highest BCUT2D eigenvalue weighted by Crippen LogP contribution is 2.16. The van der Waals surface area contributed by atoms with E-state index >= 15 is 0 Å². The molecule has 4 aromatic carbocycles. The second-order valence-electron chi connectivity index (χ2n) is 9.50. The second kappa shape index (κ2) is 12.9. The molecule has 4 aromatic rings. The van der Waals surface area contributed by atoms with Gasteiger partial charge in [0.05, 0.1) is 0 Å². The zero-order chi connectivity index (χ0) is 24.3. The lowest BCUT2D eigenvalue weighted by atomic mass is 9.97. The van der Waals surface area contributed by atoms with E-state index in [1.807, 2.05) is 0 Å². The van der Waals surface area contributed by atoms with Gasteiger partial charge < -0.3 is 4.79 Å². The molecule has 8 aliphatic carbocycles. The maximum atomic E-state index is 8.81. The minimum Gasteiger partial charge on any atom is -0.304 e. The van der Waals surface area contributed by atoms with Crippen molar-refractivity contribution in [2.24, 2.45) is 0 Å². The Morgan fingerprint density at radius 2 is 0.429 bits per heavy atom. The first-order chi connectivity index (χ1) is 17.2. The van der Waals surface area contributed by atoms with Crippen LogP contribution in [0.5, 0.6) is 0 Å². The van der Waals surface area contributed by atoms with Crippen LogP contribution in [-0.2, 0) is 56.2 Å². The number of benzene rings is 4. The van der Waals surface area contributed by atoms with Crippen LogP contribution >= 0.6 is 0 Å². The van der Waals surface area contributed by atoms with Gasteiger partial charge in [-0.05, 0) is 103 Å². The molecule has 0 saturated carbocycles. The lowest BCUT2D eigenvalue weighted by Crippen LogP contribution is -1.97. The summed E-state index contributed by atoms with van der Waals surface area (Å²) in [4.78, 5) is 8.81. The first kappa shape index (κ1) is 24.7. The number of aldehydes is 1. The van der Waals surface area contributed by atoms with Gasteiger partial charge in [0.1, 0.15) is 6.29 Å². The van der Waals surface area contributed by atoms with Gasteiger partial charge in [0.15, 0.2) is 0 Å². The van der Waals surface area contributed by atoms with Crippen LogP contribution < -0.4 is 0 Å². The average molecular weight is 461 g/mol. The molecule has 0 unspecified atom stereocenters. The van der Waals surface area contributed by atoms with Crippen LogP contribution in [0.25, 0.3) is 0 Å². The van der Waals surface area contributed by atoms with E-state index in [2.05, 4.69) is 97.1 Å². The number of hydrogen-bond donors (Lipinski definition) is 0. The van der Waals surface area contributed by atoms with Gasteiger partial charge in [-0.3, -0.25) is 0 Å². The zero-order valence-electron chi connectivity index (χ0n) is 20.9. The van der Waals surface area contributed by atoms with Crippen LogP contribution in [-0.4, -0.2) is 6.29 Å². The normalized spacial score (nSPS) is 13.6. The molecule has 0 aromatic heterocycles. The van der Waals surface area contributed by atoms with Crippen molar-refractivity contribution in [3.05, 3.63) is 142 Å². The highest BCUT2D eigenvalue weighted by Gasteiger charge is 2.03. The van der Waals surface area contributed by atoms with Crippen LogP contribution in [0.2, 0.25) is 0 Å². The summed E-state index contributed by atoms with van der Waals surface area (Å²) >= 11 is 0. The Morgan fingerprint density at radius 1 is 0.343 bits per heavy atom. The van der Waals surface area contributed by atoms with Gasteiger partial charge in [-0.2, -0.15) is 0 Å². The lowest BCUT2D eigenvalue weighted by molar-refractivity contribution is -0.106. The molecule has 12 rings (SSSR count). The van der Waals surface area contributed by atoms with Crippen molar-refractivity contribution in [3.63, 3.8) is 0 Å². The number of rotatable bonds is 0. The highest BCUT2D eigenvalue weighted by atomic mass is 16.1. The number of carbonyl (C=O) groups is 1. The van der Waals surface area contributed by atoms with Crippen molar-refractivity contribution < 1.29 is 4.79 Å². The van der Waals surface area contributed by atoms with Crippen molar-refractivity contribution in [3.8, 4) is 0 Å². The van der Waals surface area contributed by atoms with E-state index in [9.17, 15) is 0 Å². The molecular formula is C34H36O. The molecule has 8 aliphatic rings. The van der Waals surface area contributed by atoms with E-state index in [1.165, 1.54) is 51.4 Å². The summed E-state index contributed by atoms with van der Waals surface area (Å²) in [5, 5.41) is 0. The van der Waals surface area contributed by atoms with Crippen LogP contribution in [0.3, 0.4) is 0 Å². The molecule has 35 heavy (non-hydrogen) atoms. The third-order valence-corrected chi connectivity index (χ3v) is 6.90. The molecule has 178 valence electrons. The third kappa shape index (κ3) is 7.79. The summed E-state index contributed by atoms with van der Waals surface area (Å²) in [6.07, 6.45) is 9.97. The molecule has 0 atom stereocenters. The predicted molar refractivity (Wildman–Crippen MR) is 147 cm³/mol. The highest BCUT2D eigenvalue weighted by molar-refractivity contribution is 5.44. The van der Waals surface area contributed by atoms with Crippen LogP contribution in [0.4, 0.5) is 0 Å². The summed E-state index contributed by atoms with van der Waals surface area (Å²) in [7, 11) is 0. The molecule has 0 N–H and O–H groups in total. The average Bonchev–Trinajstić information content (AvgIpc) is 2.89. The molecule has 0 spiro atoms. The fraction of sp³-hybridized carbons (Fsp3) is 0.265. The van der Waals surface area contributed by atoms with Crippen LogP contribution in [0.1, 0.15) is 51.4 Å². The summed E-state index contributed by atoms with van der Waals surface area (Å²) in [6.45, 7) is 1.44. The molecule has 8 bridgehead atoms. The van der Waals surface area contributed by atoms with Crippen molar-refractivity contribution in [1.29, 1.82) is 0 Å². The number of carbonyl (C=O) groups excluding carboxylic acids is 1. The maximum Gasteiger partial charge on any atom is 0.116 e. The monoisotopic (exact) mass is 460 g/mol. The molecule has 0 amide bonds. The van der Waals surface area contributed by atoms with Gasteiger partial charge >= 0.3 is 0 Å². The van der Waals surface area contributed by atoms with Gasteiger partial charge in [0.25, 0.3) is 0 Å². The van der Waals surface area contributed by atoms with E-state index in [0.29, 0.717) is 0 Å². The fourth-order valence-electron chi connectivity index (χ4n) is 4.65. The van der Waals surface area contributed by atoms with Crippen molar-refractivity contribution in [2.75, 3.05) is 0 Å². The Kier molecular flexibility index (Phi) is 9.06. The molecule has 1 nitrogen and oxygen atoms in total. The second-order valence-corrected chi connectivity index (χ2v) is 9.50. The Bertz CT molecular complexity index is 886. The minimum atomic E-state index is 0.750. The maximum absolute atomic E-state index is 8.81. The van der Waals surface area contributed by atoms with E-state index in [4.69, 9.17) is 4.79 Å². The van der Waals surface area contributed by atoms with Gasteiger partial charge in [-0.1, -0.05) is 97.1 Å². The Labute approximate surface area is 210 Å². The van der Waals surface area contributed by atoms with Gasteiger partial charge in [0.2, 0.25) is 0 Å².